The van der Waals surface area contributed by atoms with Crippen LogP contribution in [0.4, 0.5) is 0 Å². The van der Waals surface area contributed by atoms with Crippen LogP contribution in [0, 0.1) is 0 Å². The smallest absolute Gasteiger partial charge is 0.323 e. The third-order valence-electron chi connectivity index (χ3n) is 1.97. The quantitative estimate of drug-likeness (QED) is 0.433. The summed E-state index contributed by atoms with van der Waals surface area (Å²) in [7, 11) is 0. The van der Waals surface area contributed by atoms with Gasteiger partial charge in [0, 0.05) is 0 Å². The Hall–Kier alpha value is -1.79. The Morgan fingerprint density at radius 2 is 1.87 bits per heavy atom. The molecule has 1 unspecified atom stereocenters. The van der Waals surface area contributed by atoms with Gasteiger partial charge in [-0.25, -0.2) is 0 Å². The van der Waals surface area contributed by atoms with Crippen LogP contribution in [-0.4, -0.2) is 32.4 Å². The van der Waals surface area contributed by atoms with Crippen LogP contribution in [-0.2, 0) is 4.79 Å². The molecule has 0 amide bonds. The van der Waals surface area contributed by atoms with Gasteiger partial charge in [-0.15, -0.1) is 0 Å². The van der Waals surface area contributed by atoms with Crippen molar-refractivity contribution in [2.24, 2.45) is 5.73 Å². The average molecular weight is 213 g/mol. The van der Waals surface area contributed by atoms with E-state index in [1.807, 2.05) is 0 Å². The summed E-state index contributed by atoms with van der Waals surface area (Å²) in [6, 6.07) is 2.00. The number of benzene rings is 1. The monoisotopic (exact) mass is 213 g/mol. The van der Waals surface area contributed by atoms with Gasteiger partial charge in [-0.1, -0.05) is 6.07 Å². The Balaban J connectivity index is 2.96. The molecule has 0 bridgehead atoms. The summed E-state index contributed by atoms with van der Waals surface area (Å²) >= 11 is 0. The molecule has 6 heteroatoms. The lowest BCUT2D eigenvalue weighted by molar-refractivity contribution is -0.141. The molecule has 6 nitrogen and oxygen atoms in total. The van der Waals surface area contributed by atoms with Gasteiger partial charge < -0.3 is 26.2 Å². The van der Waals surface area contributed by atoms with Crippen LogP contribution in [0.25, 0.3) is 0 Å². The van der Waals surface area contributed by atoms with Crippen molar-refractivity contribution < 1.29 is 25.2 Å². The normalized spacial score (nSPS) is 14.5. The Morgan fingerprint density at radius 3 is 2.33 bits per heavy atom. The fraction of sp³-hybridized carbons (Fsp3) is 0.222. The van der Waals surface area contributed by atoms with Crippen molar-refractivity contribution in [1.29, 1.82) is 0 Å². The van der Waals surface area contributed by atoms with E-state index in [-0.39, 0.29) is 11.3 Å². The van der Waals surface area contributed by atoms with Crippen LogP contribution in [0.3, 0.4) is 0 Å². The highest BCUT2D eigenvalue weighted by molar-refractivity contribution is 5.74. The summed E-state index contributed by atoms with van der Waals surface area (Å²) in [5.74, 6) is -2.14. The topological polar surface area (TPSA) is 124 Å². The SMILES string of the molecule is NC(C(=O)O)[C@H](O)c1ccc(O)c(O)c1. The van der Waals surface area contributed by atoms with Crippen molar-refractivity contribution in [1.82, 2.24) is 0 Å². The number of rotatable bonds is 3. The number of carboxylic acids is 1. The lowest BCUT2D eigenvalue weighted by atomic mass is 10.0. The van der Waals surface area contributed by atoms with E-state index >= 15 is 0 Å². The fourth-order valence-corrected chi connectivity index (χ4v) is 1.07. The molecule has 0 saturated heterocycles. The van der Waals surface area contributed by atoms with E-state index in [0.717, 1.165) is 12.1 Å². The summed E-state index contributed by atoms with van der Waals surface area (Å²) in [5.41, 5.74) is 5.31. The molecule has 0 aliphatic rings. The zero-order valence-electron chi connectivity index (χ0n) is 7.66. The highest BCUT2D eigenvalue weighted by atomic mass is 16.4. The molecule has 82 valence electrons. The van der Waals surface area contributed by atoms with E-state index in [4.69, 9.17) is 21.1 Å². The predicted molar refractivity (Wildman–Crippen MR) is 50.3 cm³/mol. The molecular formula is C9H11NO5. The van der Waals surface area contributed by atoms with Gasteiger partial charge in [0.2, 0.25) is 0 Å². The van der Waals surface area contributed by atoms with Crippen molar-refractivity contribution in [2.45, 2.75) is 12.1 Å². The molecule has 0 fully saturated rings. The van der Waals surface area contributed by atoms with Crippen LogP contribution in [0.1, 0.15) is 11.7 Å². The lowest BCUT2D eigenvalue weighted by Gasteiger charge is -2.15. The Morgan fingerprint density at radius 1 is 1.27 bits per heavy atom. The molecule has 6 N–H and O–H groups in total. The maximum Gasteiger partial charge on any atom is 0.323 e. The summed E-state index contributed by atoms with van der Waals surface area (Å²) in [6.45, 7) is 0. The zero-order valence-corrected chi connectivity index (χ0v) is 7.66. The number of hydrogen-bond donors (Lipinski definition) is 5. The van der Waals surface area contributed by atoms with Crippen molar-refractivity contribution in [2.75, 3.05) is 0 Å². The van der Waals surface area contributed by atoms with Gasteiger partial charge in [0.05, 0.1) is 0 Å². The minimum absolute atomic E-state index is 0.125. The summed E-state index contributed by atoms with van der Waals surface area (Å²) in [4.78, 5) is 10.5. The van der Waals surface area contributed by atoms with Gasteiger partial charge in [0.15, 0.2) is 11.5 Å². The van der Waals surface area contributed by atoms with Gasteiger partial charge in [0.1, 0.15) is 12.1 Å². The van der Waals surface area contributed by atoms with Crippen molar-refractivity contribution in [3.8, 4) is 11.5 Å². The van der Waals surface area contributed by atoms with Gasteiger partial charge in [0.25, 0.3) is 0 Å². The third kappa shape index (κ3) is 2.36. The Kier molecular flexibility index (Phi) is 3.13. The van der Waals surface area contributed by atoms with E-state index in [1.54, 1.807) is 0 Å². The van der Waals surface area contributed by atoms with Gasteiger partial charge in [-0.3, -0.25) is 4.79 Å². The first-order valence-electron chi connectivity index (χ1n) is 4.12. The summed E-state index contributed by atoms with van der Waals surface area (Å²) in [6.07, 6.45) is -1.44. The van der Waals surface area contributed by atoms with Crippen molar-refractivity contribution in [3.63, 3.8) is 0 Å². The van der Waals surface area contributed by atoms with Gasteiger partial charge >= 0.3 is 5.97 Å². The molecule has 0 aromatic heterocycles. The molecule has 0 radical (unpaired) electrons. The zero-order chi connectivity index (χ0) is 11.6. The van der Waals surface area contributed by atoms with E-state index < -0.39 is 23.9 Å². The summed E-state index contributed by atoms with van der Waals surface area (Å²) < 4.78 is 0. The third-order valence-corrected chi connectivity index (χ3v) is 1.97. The molecule has 15 heavy (non-hydrogen) atoms. The Labute approximate surface area is 85.2 Å². The Bertz CT molecular complexity index is 379. The number of nitrogens with two attached hydrogens (primary N) is 1. The number of carbonyl (C=O) groups is 1. The van der Waals surface area contributed by atoms with Gasteiger partial charge in [-0.2, -0.15) is 0 Å². The molecule has 1 rings (SSSR count). The molecule has 0 saturated carbocycles. The predicted octanol–water partition coefficient (Wildman–Crippen LogP) is -0.457. The molecule has 0 aliphatic carbocycles. The molecule has 1 aromatic rings. The van der Waals surface area contributed by atoms with Crippen LogP contribution >= 0.6 is 0 Å². The largest absolute Gasteiger partial charge is 0.504 e. The number of carboxylic acid groups (broad SMARTS) is 1. The maximum absolute atomic E-state index is 10.5. The number of phenols is 2. The van der Waals surface area contributed by atoms with E-state index in [0.29, 0.717) is 0 Å². The number of phenolic OH excluding ortho intramolecular Hbond substituents is 2. The number of aromatic hydroxyl groups is 2. The number of hydrogen-bond acceptors (Lipinski definition) is 5. The number of aliphatic hydroxyl groups excluding tert-OH is 1. The first-order valence-corrected chi connectivity index (χ1v) is 4.12. The van der Waals surface area contributed by atoms with Crippen LogP contribution < -0.4 is 5.73 Å². The van der Waals surface area contributed by atoms with Crippen LogP contribution in [0.15, 0.2) is 18.2 Å². The first-order chi connectivity index (χ1) is 6.93. The van der Waals surface area contributed by atoms with E-state index in [9.17, 15) is 9.90 Å². The maximum atomic E-state index is 10.5. The second kappa shape index (κ2) is 4.16. The van der Waals surface area contributed by atoms with Crippen molar-refractivity contribution in [3.05, 3.63) is 23.8 Å². The average Bonchev–Trinajstić information content (AvgIpc) is 2.19. The molecule has 2 atom stereocenters. The minimum atomic E-state index is -1.48. The molecular weight excluding hydrogens is 202 g/mol. The van der Waals surface area contributed by atoms with Crippen LogP contribution in [0.5, 0.6) is 11.5 Å². The van der Waals surface area contributed by atoms with E-state index in [2.05, 4.69) is 0 Å². The molecule has 1 aromatic carbocycles. The fourth-order valence-electron chi connectivity index (χ4n) is 1.07. The minimum Gasteiger partial charge on any atom is -0.504 e. The second-order valence-electron chi connectivity index (χ2n) is 3.06. The molecule has 0 heterocycles. The lowest BCUT2D eigenvalue weighted by Crippen LogP contribution is -2.36. The number of aliphatic hydroxyl groups is 1. The number of aliphatic carboxylic acids is 1. The first kappa shape index (κ1) is 11.3. The second-order valence-corrected chi connectivity index (χ2v) is 3.06. The van der Waals surface area contributed by atoms with E-state index in [1.165, 1.54) is 6.07 Å². The highest BCUT2D eigenvalue weighted by Crippen LogP contribution is 2.28. The molecule has 0 aliphatic heterocycles. The van der Waals surface area contributed by atoms with Gasteiger partial charge in [-0.05, 0) is 17.7 Å². The van der Waals surface area contributed by atoms with Crippen LogP contribution in [0.2, 0.25) is 0 Å². The standard InChI is InChI=1S/C9H11NO5/c10-7(9(14)15)8(13)4-1-2-5(11)6(12)3-4/h1-3,7-8,11-13H,10H2,(H,14,15)/t7?,8-/m1/s1. The highest BCUT2D eigenvalue weighted by Gasteiger charge is 2.24. The summed E-state index contributed by atoms with van der Waals surface area (Å²) in [5, 5.41) is 36.1. The van der Waals surface area contributed by atoms with Crippen molar-refractivity contribution >= 4 is 5.97 Å². The molecule has 0 spiro atoms.